The van der Waals surface area contributed by atoms with Crippen LogP contribution in [-0.4, -0.2) is 41.3 Å². The molecule has 1 fully saturated rings. The molecule has 1 aliphatic rings. The highest BCUT2D eigenvalue weighted by molar-refractivity contribution is 7.13. The van der Waals surface area contributed by atoms with E-state index in [2.05, 4.69) is 15.2 Å². The number of hydrogen-bond acceptors (Lipinski definition) is 5. The summed E-state index contributed by atoms with van der Waals surface area (Å²) < 4.78 is 0. The maximum atomic E-state index is 11.0. The normalized spacial score (nSPS) is 20.2. The lowest BCUT2D eigenvalue weighted by Crippen LogP contribution is -2.40. The molecule has 2 heterocycles. The number of nitrogens with one attached hydrogen (secondary N) is 1. The Morgan fingerprint density at radius 2 is 2.42 bits per heavy atom. The summed E-state index contributed by atoms with van der Waals surface area (Å²) in [5, 5.41) is 5.30. The Balaban J connectivity index is 1.98. The third-order valence-corrected chi connectivity index (χ3v) is 3.88. The molecule has 0 saturated carbocycles. The van der Waals surface area contributed by atoms with Crippen molar-refractivity contribution in [1.29, 1.82) is 0 Å². The van der Waals surface area contributed by atoms with E-state index in [1.807, 2.05) is 5.38 Å². The van der Waals surface area contributed by atoms with Crippen molar-refractivity contribution in [2.75, 3.05) is 25.0 Å². The Bertz CT molecular complexity index is 474. The van der Waals surface area contributed by atoms with E-state index >= 15 is 0 Å². The molecule has 19 heavy (non-hydrogen) atoms. The lowest BCUT2D eigenvalue weighted by molar-refractivity contribution is -0.119. The topological polar surface area (TPSA) is 88.3 Å². The van der Waals surface area contributed by atoms with E-state index in [0.29, 0.717) is 17.6 Å². The highest BCUT2D eigenvalue weighted by Crippen LogP contribution is 2.29. The summed E-state index contributed by atoms with van der Waals surface area (Å²) in [5.41, 5.74) is 6.21. The number of thiazole rings is 1. The third kappa shape index (κ3) is 4.00. The quantitative estimate of drug-likeness (QED) is 0.853. The fourth-order valence-electron chi connectivity index (χ4n) is 2.34. The number of aromatic nitrogens is 1. The average Bonchev–Trinajstić information content (AvgIpc) is 2.76. The first kappa shape index (κ1) is 14.0. The third-order valence-electron chi connectivity index (χ3n) is 3.11. The molecule has 0 bridgehead atoms. The molecule has 1 aromatic rings. The van der Waals surface area contributed by atoms with Crippen molar-refractivity contribution in [3.63, 3.8) is 0 Å². The van der Waals surface area contributed by atoms with E-state index in [4.69, 9.17) is 5.73 Å². The van der Waals surface area contributed by atoms with Gasteiger partial charge in [0.25, 0.3) is 0 Å². The summed E-state index contributed by atoms with van der Waals surface area (Å²) in [6.07, 6.45) is 2.09. The number of piperidine rings is 1. The molecule has 1 unspecified atom stereocenters. The van der Waals surface area contributed by atoms with Gasteiger partial charge < -0.3 is 11.1 Å². The molecule has 7 heteroatoms. The second-order valence-electron chi connectivity index (χ2n) is 4.80. The SMILES string of the molecule is CC(=O)Nc1nc(C2CCCN(CC(N)=O)C2)cs1. The summed E-state index contributed by atoms with van der Waals surface area (Å²) in [5.74, 6) is -0.0929. The van der Waals surface area contributed by atoms with Gasteiger partial charge in [-0.1, -0.05) is 0 Å². The van der Waals surface area contributed by atoms with E-state index in [0.717, 1.165) is 31.6 Å². The molecule has 1 atom stereocenters. The second kappa shape index (κ2) is 6.12. The van der Waals surface area contributed by atoms with Crippen molar-refractivity contribution in [3.8, 4) is 0 Å². The van der Waals surface area contributed by atoms with Crippen molar-refractivity contribution in [2.24, 2.45) is 5.73 Å². The number of carbonyl (C=O) groups is 2. The van der Waals surface area contributed by atoms with Gasteiger partial charge in [0.1, 0.15) is 0 Å². The lowest BCUT2D eigenvalue weighted by Gasteiger charge is -2.30. The molecule has 6 nitrogen and oxygen atoms in total. The molecule has 104 valence electrons. The number of primary amides is 1. The maximum absolute atomic E-state index is 11.0. The zero-order valence-electron chi connectivity index (χ0n) is 10.9. The van der Waals surface area contributed by atoms with Crippen LogP contribution in [0, 0.1) is 0 Å². The minimum Gasteiger partial charge on any atom is -0.369 e. The van der Waals surface area contributed by atoms with Gasteiger partial charge in [0, 0.05) is 24.8 Å². The predicted octanol–water partition coefficient (Wildman–Crippen LogP) is 0.766. The van der Waals surface area contributed by atoms with Gasteiger partial charge in [-0.3, -0.25) is 14.5 Å². The van der Waals surface area contributed by atoms with Crippen molar-refractivity contribution in [3.05, 3.63) is 11.1 Å². The number of hydrogen-bond donors (Lipinski definition) is 2. The number of rotatable bonds is 4. The van der Waals surface area contributed by atoms with E-state index in [9.17, 15) is 9.59 Å². The van der Waals surface area contributed by atoms with Crippen LogP contribution in [-0.2, 0) is 9.59 Å². The fraction of sp³-hybridized carbons (Fsp3) is 0.583. The second-order valence-corrected chi connectivity index (χ2v) is 5.66. The molecule has 1 saturated heterocycles. The summed E-state index contributed by atoms with van der Waals surface area (Å²) in [7, 11) is 0. The zero-order valence-corrected chi connectivity index (χ0v) is 11.7. The van der Waals surface area contributed by atoms with Gasteiger partial charge in [-0.2, -0.15) is 0 Å². The van der Waals surface area contributed by atoms with Gasteiger partial charge in [-0.05, 0) is 19.4 Å². The van der Waals surface area contributed by atoms with Crippen molar-refractivity contribution < 1.29 is 9.59 Å². The Morgan fingerprint density at radius 3 is 3.11 bits per heavy atom. The van der Waals surface area contributed by atoms with E-state index in [1.54, 1.807) is 0 Å². The number of amides is 2. The van der Waals surface area contributed by atoms with Crippen LogP contribution in [0.3, 0.4) is 0 Å². The van der Waals surface area contributed by atoms with E-state index in [1.165, 1.54) is 18.3 Å². The Hall–Kier alpha value is -1.47. The van der Waals surface area contributed by atoms with E-state index in [-0.39, 0.29) is 11.8 Å². The van der Waals surface area contributed by atoms with Crippen LogP contribution in [0.4, 0.5) is 5.13 Å². The maximum Gasteiger partial charge on any atom is 0.231 e. The van der Waals surface area contributed by atoms with Gasteiger partial charge in [-0.15, -0.1) is 11.3 Å². The Morgan fingerprint density at radius 1 is 1.63 bits per heavy atom. The first-order valence-corrected chi connectivity index (χ1v) is 7.16. The molecular weight excluding hydrogens is 264 g/mol. The molecule has 0 radical (unpaired) electrons. The number of nitrogens with zero attached hydrogens (tertiary/aromatic N) is 2. The first-order valence-electron chi connectivity index (χ1n) is 6.28. The molecule has 0 aromatic carbocycles. The highest BCUT2D eigenvalue weighted by atomic mass is 32.1. The molecule has 3 N–H and O–H groups in total. The number of anilines is 1. The summed E-state index contributed by atoms with van der Waals surface area (Å²) >= 11 is 1.43. The minimum atomic E-state index is -0.294. The van der Waals surface area contributed by atoms with Crippen LogP contribution in [0.2, 0.25) is 0 Å². The van der Waals surface area contributed by atoms with Crippen LogP contribution >= 0.6 is 11.3 Å². The molecular formula is C12H18N4O2S. The standard InChI is InChI=1S/C12H18N4O2S/c1-8(17)14-12-15-10(7-19-12)9-3-2-4-16(5-9)6-11(13)18/h7,9H,2-6H2,1H3,(H2,13,18)(H,14,15,17). The van der Waals surface area contributed by atoms with Gasteiger partial charge in [0.15, 0.2) is 5.13 Å². The number of nitrogens with two attached hydrogens (primary N) is 1. The molecule has 0 spiro atoms. The van der Waals surface area contributed by atoms with Gasteiger partial charge in [0.2, 0.25) is 11.8 Å². The van der Waals surface area contributed by atoms with Gasteiger partial charge >= 0.3 is 0 Å². The summed E-state index contributed by atoms with van der Waals surface area (Å²) in [6.45, 7) is 3.48. The molecule has 1 aliphatic heterocycles. The molecule has 0 aliphatic carbocycles. The monoisotopic (exact) mass is 282 g/mol. The molecule has 2 rings (SSSR count). The van der Waals surface area contributed by atoms with Gasteiger partial charge in [0.05, 0.1) is 12.2 Å². The van der Waals surface area contributed by atoms with Crippen molar-refractivity contribution in [1.82, 2.24) is 9.88 Å². The summed E-state index contributed by atoms with van der Waals surface area (Å²) in [4.78, 5) is 28.4. The molecule has 2 amide bonds. The van der Waals surface area contributed by atoms with Crippen LogP contribution in [0.25, 0.3) is 0 Å². The van der Waals surface area contributed by atoms with Crippen LogP contribution in [0.5, 0.6) is 0 Å². The van der Waals surface area contributed by atoms with Crippen LogP contribution in [0.15, 0.2) is 5.38 Å². The van der Waals surface area contributed by atoms with Crippen LogP contribution < -0.4 is 11.1 Å². The number of carbonyl (C=O) groups excluding carboxylic acids is 2. The van der Waals surface area contributed by atoms with Crippen LogP contribution in [0.1, 0.15) is 31.4 Å². The summed E-state index contributed by atoms with van der Waals surface area (Å²) in [6, 6.07) is 0. The van der Waals surface area contributed by atoms with Crippen molar-refractivity contribution in [2.45, 2.75) is 25.7 Å². The first-order chi connectivity index (χ1) is 9.04. The number of likely N-dealkylation sites (tertiary alicyclic amines) is 1. The average molecular weight is 282 g/mol. The molecule has 1 aromatic heterocycles. The van der Waals surface area contributed by atoms with E-state index < -0.39 is 0 Å². The predicted molar refractivity (Wildman–Crippen MR) is 74.0 cm³/mol. The Kier molecular flexibility index (Phi) is 4.49. The zero-order chi connectivity index (χ0) is 13.8. The fourth-order valence-corrected chi connectivity index (χ4v) is 3.18. The van der Waals surface area contributed by atoms with Crippen molar-refractivity contribution >= 4 is 28.3 Å². The van der Waals surface area contributed by atoms with Gasteiger partial charge in [-0.25, -0.2) is 4.98 Å². The lowest BCUT2D eigenvalue weighted by atomic mass is 9.95. The smallest absolute Gasteiger partial charge is 0.231 e. The Labute approximate surface area is 116 Å². The largest absolute Gasteiger partial charge is 0.369 e. The highest BCUT2D eigenvalue weighted by Gasteiger charge is 2.24. The minimum absolute atomic E-state index is 0.111.